The van der Waals surface area contributed by atoms with Gasteiger partial charge in [-0.3, -0.25) is 9.69 Å². The molecular weight excluding hydrogens is 301 g/mol. The first-order valence-electron chi connectivity index (χ1n) is 7.12. The standard InChI is InChI=1S/C13H25N3O2.2ClH/c1-2-16-7-8-18-12(10-16)13(17)15-6-4-11-3-5-14-9-11;;/h11-12,14H,2-10H2,1H3,(H,15,17);2*1H. The van der Waals surface area contributed by atoms with Crippen LogP contribution in [0, 0.1) is 5.92 Å². The fraction of sp³-hybridized carbons (Fsp3) is 0.923. The molecule has 2 saturated heterocycles. The Kier molecular flexibility index (Phi) is 10.6. The third-order valence-corrected chi connectivity index (χ3v) is 3.90. The van der Waals surface area contributed by atoms with Crippen LogP contribution in [0.1, 0.15) is 19.8 Å². The van der Waals surface area contributed by atoms with Crippen molar-refractivity contribution in [2.24, 2.45) is 5.92 Å². The van der Waals surface area contributed by atoms with Gasteiger partial charge in [-0.05, 0) is 38.4 Å². The molecule has 2 aliphatic rings. The number of morpholine rings is 1. The molecule has 2 atom stereocenters. The van der Waals surface area contributed by atoms with E-state index in [4.69, 9.17) is 4.74 Å². The Morgan fingerprint density at radius 3 is 2.90 bits per heavy atom. The summed E-state index contributed by atoms with van der Waals surface area (Å²) in [5.74, 6) is 0.781. The molecule has 2 rings (SSSR count). The van der Waals surface area contributed by atoms with E-state index in [0.717, 1.165) is 51.6 Å². The van der Waals surface area contributed by atoms with E-state index in [1.807, 2.05) is 0 Å². The van der Waals surface area contributed by atoms with Crippen molar-refractivity contribution in [1.29, 1.82) is 0 Å². The van der Waals surface area contributed by atoms with E-state index in [-0.39, 0.29) is 36.8 Å². The highest BCUT2D eigenvalue weighted by molar-refractivity contribution is 5.85. The van der Waals surface area contributed by atoms with Crippen molar-refractivity contribution in [2.75, 3.05) is 45.9 Å². The number of hydrogen-bond donors (Lipinski definition) is 2. The van der Waals surface area contributed by atoms with Crippen LogP contribution in [0.3, 0.4) is 0 Å². The summed E-state index contributed by atoms with van der Waals surface area (Å²) < 4.78 is 5.53. The number of ether oxygens (including phenoxy) is 1. The molecule has 0 aromatic carbocycles. The summed E-state index contributed by atoms with van der Waals surface area (Å²) in [7, 11) is 0. The van der Waals surface area contributed by atoms with Crippen molar-refractivity contribution >= 4 is 30.7 Å². The minimum Gasteiger partial charge on any atom is -0.366 e. The highest BCUT2D eigenvalue weighted by Gasteiger charge is 2.25. The Morgan fingerprint density at radius 2 is 2.25 bits per heavy atom. The van der Waals surface area contributed by atoms with Gasteiger partial charge in [0, 0.05) is 19.6 Å². The van der Waals surface area contributed by atoms with E-state index in [0.29, 0.717) is 6.61 Å². The summed E-state index contributed by atoms with van der Waals surface area (Å²) in [5, 5.41) is 6.35. The van der Waals surface area contributed by atoms with Crippen molar-refractivity contribution < 1.29 is 9.53 Å². The van der Waals surface area contributed by atoms with Crippen LogP contribution < -0.4 is 10.6 Å². The number of halogens is 2. The predicted molar refractivity (Wildman–Crippen MR) is 85.0 cm³/mol. The fourth-order valence-electron chi connectivity index (χ4n) is 2.62. The maximum atomic E-state index is 12.0. The van der Waals surface area contributed by atoms with Crippen molar-refractivity contribution in [3.8, 4) is 0 Å². The Morgan fingerprint density at radius 1 is 1.45 bits per heavy atom. The molecule has 20 heavy (non-hydrogen) atoms. The fourth-order valence-corrected chi connectivity index (χ4v) is 2.62. The molecule has 2 heterocycles. The summed E-state index contributed by atoms with van der Waals surface area (Å²) >= 11 is 0. The lowest BCUT2D eigenvalue weighted by Crippen LogP contribution is -2.49. The second-order valence-corrected chi connectivity index (χ2v) is 5.19. The van der Waals surface area contributed by atoms with Crippen molar-refractivity contribution in [1.82, 2.24) is 15.5 Å². The van der Waals surface area contributed by atoms with E-state index >= 15 is 0 Å². The van der Waals surface area contributed by atoms with Gasteiger partial charge in [-0.15, -0.1) is 24.8 Å². The average Bonchev–Trinajstić information content (AvgIpc) is 2.92. The van der Waals surface area contributed by atoms with Crippen LogP contribution in [0.25, 0.3) is 0 Å². The van der Waals surface area contributed by atoms with Gasteiger partial charge in [0.2, 0.25) is 5.91 Å². The zero-order chi connectivity index (χ0) is 12.8. The Hall–Kier alpha value is -0.0700. The van der Waals surface area contributed by atoms with Gasteiger partial charge >= 0.3 is 0 Å². The van der Waals surface area contributed by atoms with E-state index in [1.165, 1.54) is 6.42 Å². The lowest BCUT2D eigenvalue weighted by atomic mass is 10.1. The normalized spacial score (nSPS) is 26.4. The summed E-state index contributed by atoms with van der Waals surface area (Å²) in [4.78, 5) is 14.2. The molecule has 0 aromatic rings. The van der Waals surface area contributed by atoms with Crippen LogP contribution >= 0.6 is 24.8 Å². The maximum absolute atomic E-state index is 12.0. The van der Waals surface area contributed by atoms with E-state index in [2.05, 4.69) is 22.5 Å². The molecule has 5 nitrogen and oxygen atoms in total. The first-order chi connectivity index (χ1) is 8.79. The molecule has 0 radical (unpaired) electrons. The highest BCUT2D eigenvalue weighted by atomic mass is 35.5. The van der Waals surface area contributed by atoms with Crippen LogP contribution in [0.4, 0.5) is 0 Å². The Bertz CT molecular complexity index is 276. The van der Waals surface area contributed by atoms with Crippen molar-refractivity contribution in [3.63, 3.8) is 0 Å². The molecule has 2 aliphatic heterocycles. The topological polar surface area (TPSA) is 53.6 Å². The van der Waals surface area contributed by atoms with Gasteiger partial charge in [-0.1, -0.05) is 6.92 Å². The van der Waals surface area contributed by atoms with Gasteiger partial charge in [-0.2, -0.15) is 0 Å². The summed E-state index contributed by atoms with van der Waals surface area (Å²) in [6.07, 6.45) is 2.03. The number of carbonyl (C=O) groups is 1. The predicted octanol–water partition coefficient (Wildman–Crippen LogP) is 0.666. The molecule has 0 saturated carbocycles. The largest absolute Gasteiger partial charge is 0.366 e. The molecule has 120 valence electrons. The molecule has 7 heteroatoms. The number of hydrogen-bond acceptors (Lipinski definition) is 4. The third-order valence-electron chi connectivity index (χ3n) is 3.90. The number of carbonyl (C=O) groups excluding carboxylic acids is 1. The SMILES string of the molecule is CCN1CCOC(C(=O)NCCC2CCNC2)C1.Cl.Cl. The number of rotatable bonds is 5. The minimum absolute atomic E-state index is 0. The molecule has 0 bridgehead atoms. The zero-order valence-electron chi connectivity index (χ0n) is 12.1. The number of likely N-dealkylation sites (N-methyl/N-ethyl adjacent to an activating group) is 1. The molecule has 1 amide bonds. The Labute approximate surface area is 134 Å². The molecular formula is C13H27Cl2N3O2. The van der Waals surface area contributed by atoms with Crippen LogP contribution in [-0.4, -0.2) is 62.8 Å². The zero-order valence-corrected chi connectivity index (χ0v) is 13.7. The van der Waals surface area contributed by atoms with Crippen LogP contribution in [0.15, 0.2) is 0 Å². The van der Waals surface area contributed by atoms with Gasteiger partial charge in [0.25, 0.3) is 0 Å². The minimum atomic E-state index is -0.277. The Balaban J connectivity index is 0.00000180. The number of nitrogens with one attached hydrogen (secondary N) is 2. The average molecular weight is 328 g/mol. The lowest BCUT2D eigenvalue weighted by Gasteiger charge is -2.31. The second-order valence-electron chi connectivity index (χ2n) is 5.19. The van der Waals surface area contributed by atoms with Crippen LogP contribution in [0.2, 0.25) is 0 Å². The molecule has 0 aromatic heterocycles. The van der Waals surface area contributed by atoms with Gasteiger partial charge in [0.1, 0.15) is 6.10 Å². The molecule has 2 N–H and O–H groups in total. The molecule has 2 fully saturated rings. The number of amides is 1. The van der Waals surface area contributed by atoms with Gasteiger partial charge in [0.05, 0.1) is 6.61 Å². The van der Waals surface area contributed by atoms with Gasteiger partial charge in [-0.25, -0.2) is 0 Å². The smallest absolute Gasteiger partial charge is 0.250 e. The molecule has 2 unspecified atom stereocenters. The van der Waals surface area contributed by atoms with Crippen molar-refractivity contribution in [3.05, 3.63) is 0 Å². The van der Waals surface area contributed by atoms with E-state index < -0.39 is 0 Å². The third kappa shape index (κ3) is 6.14. The van der Waals surface area contributed by atoms with Crippen LogP contribution in [-0.2, 0) is 9.53 Å². The van der Waals surface area contributed by atoms with E-state index in [9.17, 15) is 4.79 Å². The number of nitrogens with zero attached hydrogens (tertiary/aromatic N) is 1. The van der Waals surface area contributed by atoms with Crippen molar-refractivity contribution in [2.45, 2.75) is 25.9 Å². The first-order valence-corrected chi connectivity index (χ1v) is 7.12. The highest BCUT2D eigenvalue weighted by Crippen LogP contribution is 2.11. The lowest BCUT2D eigenvalue weighted by molar-refractivity contribution is -0.138. The maximum Gasteiger partial charge on any atom is 0.250 e. The second kappa shape index (κ2) is 10.6. The van der Waals surface area contributed by atoms with Crippen LogP contribution in [0.5, 0.6) is 0 Å². The summed E-state index contributed by atoms with van der Waals surface area (Å²) in [5.41, 5.74) is 0. The quantitative estimate of drug-likeness (QED) is 0.779. The summed E-state index contributed by atoms with van der Waals surface area (Å²) in [6.45, 7) is 8.43. The van der Waals surface area contributed by atoms with Gasteiger partial charge < -0.3 is 15.4 Å². The monoisotopic (exact) mass is 327 g/mol. The summed E-state index contributed by atoms with van der Waals surface area (Å²) in [6, 6.07) is 0. The van der Waals surface area contributed by atoms with Gasteiger partial charge in [0.15, 0.2) is 0 Å². The van der Waals surface area contributed by atoms with E-state index in [1.54, 1.807) is 0 Å². The molecule has 0 spiro atoms. The molecule has 0 aliphatic carbocycles. The first kappa shape index (κ1) is 19.9.